The maximum absolute atomic E-state index is 12.7. The van der Waals surface area contributed by atoms with Gasteiger partial charge in [-0.15, -0.1) is 0 Å². The van der Waals surface area contributed by atoms with Crippen LogP contribution in [0.15, 0.2) is 58.2 Å². The lowest BCUT2D eigenvalue weighted by atomic mass is 10.1. The highest BCUT2D eigenvalue weighted by molar-refractivity contribution is 8.18. The van der Waals surface area contributed by atoms with Crippen molar-refractivity contribution in [1.29, 1.82) is 0 Å². The molecule has 33 heavy (non-hydrogen) atoms. The topological polar surface area (TPSA) is 118 Å². The van der Waals surface area contributed by atoms with E-state index >= 15 is 0 Å². The predicted molar refractivity (Wildman–Crippen MR) is 122 cm³/mol. The molecule has 0 unspecified atom stereocenters. The fourth-order valence-corrected chi connectivity index (χ4v) is 4.48. The standard InChI is InChI=1S/C23H17N3O6S/c27-20-11-15(14-3-1-2-4-16(14)25-20)21(28)24-7-8-26-22(29)19(33-23(26)30)10-13-5-6-17-18(9-13)32-12-31-17/h1-6,9-11H,7-8,12H2,(H,24,28)(H,25,27)/b19-10-. The number of thioether (sulfide) groups is 1. The van der Waals surface area contributed by atoms with Crippen molar-refractivity contribution in [3.63, 3.8) is 0 Å². The smallest absolute Gasteiger partial charge is 0.293 e. The second-order valence-electron chi connectivity index (χ2n) is 7.29. The molecule has 0 bridgehead atoms. The average molecular weight is 463 g/mol. The molecule has 0 saturated carbocycles. The van der Waals surface area contributed by atoms with Crippen LogP contribution in [0.5, 0.6) is 11.5 Å². The number of fused-ring (bicyclic) bond motifs is 2. The number of aromatic amines is 1. The largest absolute Gasteiger partial charge is 0.454 e. The molecule has 2 aliphatic rings. The number of hydrogen-bond acceptors (Lipinski definition) is 7. The van der Waals surface area contributed by atoms with E-state index in [-0.39, 0.29) is 30.4 Å². The first-order valence-electron chi connectivity index (χ1n) is 10.0. The highest BCUT2D eigenvalue weighted by Gasteiger charge is 2.34. The van der Waals surface area contributed by atoms with Crippen LogP contribution in [0.1, 0.15) is 15.9 Å². The monoisotopic (exact) mass is 463 g/mol. The second-order valence-corrected chi connectivity index (χ2v) is 8.29. The summed E-state index contributed by atoms with van der Waals surface area (Å²) in [6.07, 6.45) is 1.62. The molecule has 1 fully saturated rings. The number of ether oxygens (including phenoxy) is 2. The van der Waals surface area contributed by atoms with E-state index < -0.39 is 22.6 Å². The third kappa shape index (κ3) is 4.08. The van der Waals surface area contributed by atoms with E-state index in [2.05, 4.69) is 10.3 Å². The lowest BCUT2D eigenvalue weighted by Crippen LogP contribution is -2.37. The summed E-state index contributed by atoms with van der Waals surface area (Å²) >= 11 is 0.837. The predicted octanol–water partition coefficient (Wildman–Crippen LogP) is 2.72. The molecule has 5 rings (SSSR count). The number of imide groups is 1. The van der Waals surface area contributed by atoms with Gasteiger partial charge in [-0.05, 0) is 41.6 Å². The van der Waals surface area contributed by atoms with Crippen molar-refractivity contribution < 1.29 is 23.9 Å². The minimum atomic E-state index is -0.458. The van der Waals surface area contributed by atoms with Crippen LogP contribution in [-0.4, -0.2) is 46.8 Å². The Labute approximate surface area is 191 Å². The molecular formula is C23H17N3O6S. The Kier molecular flexibility index (Phi) is 5.35. The molecule has 9 nitrogen and oxygen atoms in total. The van der Waals surface area contributed by atoms with Gasteiger partial charge >= 0.3 is 0 Å². The summed E-state index contributed by atoms with van der Waals surface area (Å²) in [5.74, 6) is 0.320. The first kappa shape index (κ1) is 20.8. The van der Waals surface area contributed by atoms with Crippen LogP contribution in [0.25, 0.3) is 17.0 Å². The summed E-state index contributed by atoms with van der Waals surface area (Å²) in [7, 11) is 0. The van der Waals surface area contributed by atoms with Crippen molar-refractivity contribution >= 4 is 45.8 Å². The minimum absolute atomic E-state index is 0.00993. The van der Waals surface area contributed by atoms with Gasteiger partial charge in [0.05, 0.1) is 10.5 Å². The van der Waals surface area contributed by atoms with Crippen molar-refractivity contribution in [3.8, 4) is 11.5 Å². The Morgan fingerprint density at radius 3 is 2.79 bits per heavy atom. The number of aromatic nitrogens is 1. The lowest BCUT2D eigenvalue weighted by molar-refractivity contribution is -0.122. The quantitative estimate of drug-likeness (QED) is 0.559. The van der Waals surface area contributed by atoms with Gasteiger partial charge in [0, 0.05) is 30.1 Å². The van der Waals surface area contributed by atoms with Crippen LogP contribution in [0.4, 0.5) is 4.79 Å². The number of benzene rings is 2. The van der Waals surface area contributed by atoms with E-state index in [0.717, 1.165) is 16.7 Å². The first-order chi connectivity index (χ1) is 16.0. The van der Waals surface area contributed by atoms with E-state index in [4.69, 9.17) is 9.47 Å². The number of para-hydroxylation sites is 1. The lowest BCUT2D eigenvalue weighted by Gasteiger charge is -2.13. The van der Waals surface area contributed by atoms with Gasteiger partial charge in [-0.3, -0.25) is 24.1 Å². The fraction of sp³-hybridized carbons (Fsp3) is 0.130. The number of rotatable bonds is 5. The van der Waals surface area contributed by atoms with E-state index in [1.807, 2.05) is 0 Å². The molecule has 10 heteroatoms. The zero-order valence-corrected chi connectivity index (χ0v) is 17.9. The molecule has 0 aliphatic carbocycles. The molecular weight excluding hydrogens is 446 g/mol. The van der Waals surface area contributed by atoms with E-state index in [9.17, 15) is 19.2 Å². The van der Waals surface area contributed by atoms with Gasteiger partial charge in [0.15, 0.2) is 11.5 Å². The Balaban J connectivity index is 1.25. The van der Waals surface area contributed by atoms with E-state index in [1.54, 1.807) is 48.5 Å². The summed E-state index contributed by atoms with van der Waals surface area (Å²) in [4.78, 5) is 53.7. The number of carbonyl (C=O) groups is 3. The second kappa shape index (κ2) is 8.47. The number of hydrogen-bond donors (Lipinski definition) is 2. The average Bonchev–Trinajstić information content (AvgIpc) is 3.37. The summed E-state index contributed by atoms with van der Waals surface area (Å²) < 4.78 is 10.6. The maximum Gasteiger partial charge on any atom is 0.293 e. The normalized spacial score (nSPS) is 16.1. The number of nitrogens with zero attached hydrogens (tertiary/aromatic N) is 1. The molecule has 2 N–H and O–H groups in total. The SMILES string of the molecule is O=C(NCCN1C(=O)S/C(=C\c2ccc3c(c2)OCO3)C1=O)c1cc(=O)[nH]c2ccccc12. The number of nitrogens with one attached hydrogen (secondary N) is 2. The molecule has 2 aliphatic heterocycles. The van der Waals surface area contributed by atoms with E-state index in [1.165, 1.54) is 6.07 Å². The van der Waals surface area contributed by atoms with E-state index in [0.29, 0.717) is 28.0 Å². The zero-order chi connectivity index (χ0) is 22.9. The van der Waals surface area contributed by atoms with Crippen molar-refractivity contribution in [1.82, 2.24) is 15.2 Å². The number of carbonyl (C=O) groups excluding carboxylic acids is 3. The number of amides is 3. The maximum atomic E-state index is 12.7. The molecule has 0 radical (unpaired) electrons. The van der Waals surface area contributed by atoms with Gasteiger partial charge in [-0.1, -0.05) is 24.3 Å². The van der Waals surface area contributed by atoms with Crippen molar-refractivity contribution in [2.75, 3.05) is 19.9 Å². The van der Waals surface area contributed by atoms with Crippen LogP contribution in [0, 0.1) is 0 Å². The van der Waals surface area contributed by atoms with Crippen LogP contribution in [-0.2, 0) is 4.79 Å². The first-order valence-corrected chi connectivity index (χ1v) is 10.9. The van der Waals surface area contributed by atoms with Gasteiger partial charge in [-0.2, -0.15) is 0 Å². The van der Waals surface area contributed by atoms with Gasteiger partial charge < -0.3 is 19.8 Å². The van der Waals surface area contributed by atoms with Crippen LogP contribution in [0.3, 0.4) is 0 Å². The van der Waals surface area contributed by atoms with Crippen molar-refractivity contribution in [3.05, 3.63) is 74.9 Å². The molecule has 2 aromatic carbocycles. The minimum Gasteiger partial charge on any atom is -0.454 e. The van der Waals surface area contributed by atoms with Gasteiger partial charge in [-0.25, -0.2) is 0 Å². The molecule has 3 heterocycles. The Morgan fingerprint density at radius 1 is 1.09 bits per heavy atom. The van der Waals surface area contributed by atoms with Gasteiger partial charge in [0.1, 0.15) is 0 Å². The Hall–Kier alpha value is -4.05. The Morgan fingerprint density at radius 2 is 1.91 bits per heavy atom. The van der Waals surface area contributed by atoms with Crippen LogP contribution < -0.4 is 20.3 Å². The summed E-state index contributed by atoms with van der Waals surface area (Å²) in [5, 5.41) is 2.87. The molecule has 1 aromatic heterocycles. The zero-order valence-electron chi connectivity index (χ0n) is 17.1. The van der Waals surface area contributed by atoms with Gasteiger partial charge in [0.25, 0.3) is 17.1 Å². The highest BCUT2D eigenvalue weighted by Crippen LogP contribution is 2.36. The van der Waals surface area contributed by atoms with Crippen molar-refractivity contribution in [2.45, 2.75) is 0 Å². The summed E-state index contributed by atoms with van der Waals surface area (Å²) in [5.41, 5.74) is 1.10. The molecule has 3 amide bonds. The number of pyridine rings is 1. The molecule has 166 valence electrons. The Bertz CT molecular complexity index is 1400. The third-order valence-electron chi connectivity index (χ3n) is 5.18. The van der Waals surface area contributed by atoms with Crippen molar-refractivity contribution in [2.24, 2.45) is 0 Å². The van der Waals surface area contributed by atoms with Crippen LogP contribution in [0.2, 0.25) is 0 Å². The highest BCUT2D eigenvalue weighted by atomic mass is 32.2. The molecule has 1 saturated heterocycles. The molecule has 0 atom stereocenters. The summed E-state index contributed by atoms with van der Waals surface area (Å²) in [6.45, 7) is 0.208. The number of H-pyrrole nitrogens is 1. The molecule has 3 aromatic rings. The summed E-state index contributed by atoms with van der Waals surface area (Å²) in [6, 6.07) is 13.5. The van der Waals surface area contributed by atoms with Gasteiger partial charge in [0.2, 0.25) is 12.4 Å². The van der Waals surface area contributed by atoms with Crippen LogP contribution >= 0.6 is 11.8 Å². The fourth-order valence-electron chi connectivity index (χ4n) is 3.62. The third-order valence-corrected chi connectivity index (χ3v) is 6.09. The molecule has 0 spiro atoms.